The lowest BCUT2D eigenvalue weighted by Gasteiger charge is -2.11. The molecule has 1 heterocycles. The number of carbonyl (C=O) groups is 1. The number of benzene rings is 1. The summed E-state index contributed by atoms with van der Waals surface area (Å²) < 4.78 is 1.64. The van der Waals surface area contributed by atoms with Gasteiger partial charge < -0.3 is 11.1 Å². The highest BCUT2D eigenvalue weighted by Gasteiger charge is 2.14. The summed E-state index contributed by atoms with van der Waals surface area (Å²) in [4.78, 5) is 16.5. The van der Waals surface area contributed by atoms with Crippen LogP contribution in [0.25, 0.3) is 0 Å². The Balaban J connectivity index is 2.33. The highest BCUT2D eigenvalue weighted by Crippen LogP contribution is 2.24. The minimum atomic E-state index is -0.228. The third-order valence-electron chi connectivity index (χ3n) is 2.93. The standard InChI is InChI=1S/C14H13Br2N3O/c1-7-3-10(16)6-18-13(7)19-14(20)11-4-9(15)5-12(17)8(11)2/h3-6H,17H2,1-2H3,(H,18,19,20). The Labute approximate surface area is 134 Å². The van der Waals surface area contributed by atoms with Gasteiger partial charge in [-0.1, -0.05) is 15.9 Å². The molecule has 0 radical (unpaired) electrons. The number of aryl methyl sites for hydroxylation is 1. The number of nitrogens with two attached hydrogens (primary N) is 1. The van der Waals surface area contributed by atoms with Gasteiger partial charge in [-0.2, -0.15) is 0 Å². The van der Waals surface area contributed by atoms with Crippen molar-refractivity contribution in [1.82, 2.24) is 4.98 Å². The number of carbonyl (C=O) groups excluding carboxylic acids is 1. The second-order valence-electron chi connectivity index (χ2n) is 4.44. The van der Waals surface area contributed by atoms with Crippen LogP contribution in [0.4, 0.5) is 11.5 Å². The lowest BCUT2D eigenvalue weighted by molar-refractivity contribution is 0.102. The van der Waals surface area contributed by atoms with Crippen molar-refractivity contribution >= 4 is 49.3 Å². The molecule has 0 saturated heterocycles. The number of nitrogens with one attached hydrogen (secondary N) is 1. The summed E-state index contributed by atoms with van der Waals surface area (Å²) in [5.41, 5.74) is 8.61. The molecule has 0 spiro atoms. The average molecular weight is 399 g/mol. The van der Waals surface area contributed by atoms with E-state index in [0.717, 1.165) is 20.1 Å². The number of nitrogens with zero attached hydrogens (tertiary/aromatic N) is 1. The first-order valence-electron chi connectivity index (χ1n) is 5.87. The second kappa shape index (κ2) is 5.93. The van der Waals surface area contributed by atoms with E-state index >= 15 is 0 Å². The van der Waals surface area contributed by atoms with Gasteiger partial charge in [-0.3, -0.25) is 4.79 Å². The van der Waals surface area contributed by atoms with Crippen LogP contribution in [-0.4, -0.2) is 10.9 Å². The monoisotopic (exact) mass is 397 g/mol. The number of nitrogen functional groups attached to an aromatic ring is 1. The van der Waals surface area contributed by atoms with Crippen molar-refractivity contribution in [2.45, 2.75) is 13.8 Å². The van der Waals surface area contributed by atoms with Crippen molar-refractivity contribution in [3.8, 4) is 0 Å². The minimum Gasteiger partial charge on any atom is -0.398 e. The molecule has 0 unspecified atom stereocenters. The van der Waals surface area contributed by atoms with Crippen molar-refractivity contribution in [2.75, 3.05) is 11.1 Å². The van der Waals surface area contributed by atoms with Gasteiger partial charge in [-0.25, -0.2) is 4.98 Å². The summed E-state index contributed by atoms with van der Waals surface area (Å²) in [7, 11) is 0. The summed E-state index contributed by atoms with van der Waals surface area (Å²) in [6.45, 7) is 3.70. The van der Waals surface area contributed by atoms with Crippen LogP contribution in [0.5, 0.6) is 0 Å². The van der Waals surface area contributed by atoms with E-state index in [1.54, 1.807) is 18.3 Å². The fraction of sp³-hybridized carbons (Fsp3) is 0.143. The Kier molecular flexibility index (Phi) is 4.45. The highest BCUT2D eigenvalue weighted by molar-refractivity contribution is 9.10. The summed E-state index contributed by atoms with van der Waals surface area (Å²) in [5, 5.41) is 2.80. The van der Waals surface area contributed by atoms with Crippen LogP contribution in [-0.2, 0) is 0 Å². The SMILES string of the molecule is Cc1cc(Br)cnc1NC(=O)c1cc(Br)cc(N)c1C. The molecule has 104 valence electrons. The van der Waals surface area contributed by atoms with Crippen molar-refractivity contribution < 1.29 is 4.79 Å². The normalized spacial score (nSPS) is 10.4. The first-order valence-corrected chi connectivity index (χ1v) is 7.46. The Morgan fingerprint density at radius 1 is 1.20 bits per heavy atom. The quantitative estimate of drug-likeness (QED) is 0.749. The molecule has 0 aliphatic carbocycles. The van der Waals surface area contributed by atoms with E-state index in [4.69, 9.17) is 5.73 Å². The van der Waals surface area contributed by atoms with Gasteiger partial charge in [0.1, 0.15) is 5.82 Å². The Morgan fingerprint density at radius 3 is 2.55 bits per heavy atom. The maximum absolute atomic E-state index is 12.3. The van der Waals surface area contributed by atoms with Gasteiger partial charge in [-0.15, -0.1) is 0 Å². The lowest BCUT2D eigenvalue weighted by Crippen LogP contribution is -2.16. The summed E-state index contributed by atoms with van der Waals surface area (Å²) >= 11 is 6.68. The fourth-order valence-electron chi connectivity index (χ4n) is 1.78. The zero-order valence-corrected chi connectivity index (χ0v) is 14.2. The highest BCUT2D eigenvalue weighted by atomic mass is 79.9. The van der Waals surface area contributed by atoms with Crippen molar-refractivity contribution in [3.05, 3.63) is 50.0 Å². The second-order valence-corrected chi connectivity index (χ2v) is 6.27. The molecule has 1 aromatic heterocycles. The van der Waals surface area contributed by atoms with E-state index in [2.05, 4.69) is 42.2 Å². The molecular weight excluding hydrogens is 386 g/mol. The third-order valence-corrected chi connectivity index (χ3v) is 3.83. The van der Waals surface area contributed by atoms with Gasteiger partial charge in [0, 0.05) is 26.4 Å². The van der Waals surface area contributed by atoms with Crippen molar-refractivity contribution in [3.63, 3.8) is 0 Å². The minimum absolute atomic E-state index is 0.228. The molecule has 0 aliphatic rings. The molecule has 1 aromatic carbocycles. The van der Waals surface area contributed by atoms with E-state index in [0.29, 0.717) is 17.1 Å². The van der Waals surface area contributed by atoms with E-state index in [1.165, 1.54) is 0 Å². The average Bonchev–Trinajstić information content (AvgIpc) is 2.37. The molecule has 4 nitrogen and oxygen atoms in total. The topological polar surface area (TPSA) is 68.0 Å². The molecule has 0 saturated carbocycles. The van der Waals surface area contributed by atoms with Crippen LogP contribution < -0.4 is 11.1 Å². The number of aromatic nitrogens is 1. The fourth-order valence-corrected chi connectivity index (χ4v) is 2.70. The van der Waals surface area contributed by atoms with Crippen LogP contribution in [0.3, 0.4) is 0 Å². The number of pyridine rings is 1. The number of hydrogen-bond donors (Lipinski definition) is 2. The molecule has 20 heavy (non-hydrogen) atoms. The lowest BCUT2D eigenvalue weighted by atomic mass is 10.1. The zero-order chi connectivity index (χ0) is 14.9. The molecule has 2 rings (SSSR count). The van der Waals surface area contributed by atoms with Crippen molar-refractivity contribution in [2.24, 2.45) is 0 Å². The molecule has 1 amide bonds. The number of anilines is 2. The van der Waals surface area contributed by atoms with E-state index in [1.807, 2.05) is 19.9 Å². The summed E-state index contributed by atoms with van der Waals surface area (Å²) in [5.74, 6) is 0.310. The Morgan fingerprint density at radius 2 is 1.90 bits per heavy atom. The maximum Gasteiger partial charge on any atom is 0.257 e. The van der Waals surface area contributed by atoms with Crippen molar-refractivity contribution in [1.29, 1.82) is 0 Å². The zero-order valence-electron chi connectivity index (χ0n) is 11.0. The van der Waals surface area contributed by atoms with Gasteiger partial charge in [0.15, 0.2) is 0 Å². The predicted molar refractivity (Wildman–Crippen MR) is 87.9 cm³/mol. The first kappa shape index (κ1) is 15.0. The molecule has 0 fully saturated rings. The largest absolute Gasteiger partial charge is 0.398 e. The van der Waals surface area contributed by atoms with Gasteiger partial charge in [0.25, 0.3) is 5.91 Å². The van der Waals surface area contributed by atoms with Crippen LogP contribution >= 0.6 is 31.9 Å². The van der Waals surface area contributed by atoms with Crippen LogP contribution in [0.2, 0.25) is 0 Å². The van der Waals surface area contributed by atoms with Gasteiger partial charge >= 0.3 is 0 Å². The number of rotatable bonds is 2. The number of amides is 1. The smallest absolute Gasteiger partial charge is 0.257 e. The maximum atomic E-state index is 12.3. The Hall–Kier alpha value is -1.40. The summed E-state index contributed by atoms with van der Waals surface area (Å²) in [6, 6.07) is 5.41. The molecule has 0 bridgehead atoms. The number of halogens is 2. The molecular formula is C14H13Br2N3O. The third kappa shape index (κ3) is 3.19. The van der Waals surface area contributed by atoms with Gasteiger partial charge in [0.05, 0.1) is 0 Å². The molecule has 0 aliphatic heterocycles. The van der Waals surface area contributed by atoms with Crippen LogP contribution in [0.15, 0.2) is 33.3 Å². The van der Waals surface area contributed by atoms with Crippen LogP contribution in [0.1, 0.15) is 21.5 Å². The van der Waals surface area contributed by atoms with Gasteiger partial charge in [0.2, 0.25) is 0 Å². The predicted octanol–water partition coefficient (Wildman–Crippen LogP) is 4.06. The molecule has 3 N–H and O–H groups in total. The van der Waals surface area contributed by atoms with E-state index in [-0.39, 0.29) is 5.91 Å². The Bertz CT molecular complexity index is 686. The van der Waals surface area contributed by atoms with E-state index < -0.39 is 0 Å². The summed E-state index contributed by atoms with van der Waals surface area (Å²) in [6.07, 6.45) is 1.64. The van der Waals surface area contributed by atoms with Crippen LogP contribution in [0, 0.1) is 13.8 Å². The first-order chi connectivity index (χ1) is 9.38. The molecule has 2 aromatic rings. The van der Waals surface area contributed by atoms with E-state index in [9.17, 15) is 4.79 Å². The molecule has 0 atom stereocenters. The number of hydrogen-bond acceptors (Lipinski definition) is 3. The molecule has 6 heteroatoms. The van der Waals surface area contributed by atoms with Gasteiger partial charge in [-0.05, 0) is 59.1 Å².